The fraction of sp³-hybridized carbons (Fsp3) is 0.661. The Bertz CT molecular complexity index is 1410. The molecular weight excluding hydrogens is 841 g/mol. The zero-order valence-electron chi connectivity index (χ0n) is 44.1. The van der Waals surface area contributed by atoms with Crippen LogP contribution in [0.2, 0.25) is 0 Å². The lowest BCUT2D eigenvalue weighted by molar-refractivity contribution is -0.167. The van der Waals surface area contributed by atoms with Gasteiger partial charge < -0.3 is 14.2 Å². The van der Waals surface area contributed by atoms with Crippen LogP contribution in [0.15, 0.2) is 109 Å². The van der Waals surface area contributed by atoms with E-state index in [4.69, 9.17) is 14.2 Å². The van der Waals surface area contributed by atoms with Gasteiger partial charge in [0.1, 0.15) is 13.2 Å². The molecular formula is C62H102O6. The molecule has 6 heteroatoms. The van der Waals surface area contributed by atoms with Crippen molar-refractivity contribution in [1.29, 1.82) is 0 Å². The van der Waals surface area contributed by atoms with Gasteiger partial charge in [0.15, 0.2) is 6.10 Å². The number of hydrogen-bond donors (Lipinski definition) is 0. The van der Waals surface area contributed by atoms with Gasteiger partial charge in [0.25, 0.3) is 0 Å². The first kappa shape index (κ1) is 64.1. The molecule has 0 N–H and O–H groups in total. The van der Waals surface area contributed by atoms with Crippen molar-refractivity contribution >= 4 is 17.9 Å². The standard InChI is InChI=1S/C62H102O6/c1-4-7-10-13-16-19-22-25-27-28-29-30-31-32-33-34-35-38-40-43-46-49-52-55-61(64)67-58-59(57-66-60(63)54-51-48-45-42-39-36-24-21-18-15-12-9-6-3)68-62(65)56-53-50-47-44-41-37-26-23-20-17-14-11-8-5-2/h7,9-10,12,16,18-19,21,25,27,29-30,32-33,35-36,38-39,59H,4-6,8,11,13-15,17,20,22-24,26,28,31,34,37,40-58H2,1-3H3/b10-7-,12-9-,19-16-,21-18-,27-25-,30-29-,33-32-,38-35-,39-36-. The second kappa shape index (κ2) is 55.7. The number of ether oxygens (including phenoxy) is 3. The quantitative estimate of drug-likeness (QED) is 0.0262. The van der Waals surface area contributed by atoms with Crippen LogP contribution in [0.1, 0.15) is 245 Å². The molecule has 0 aromatic rings. The highest BCUT2D eigenvalue weighted by atomic mass is 16.6. The Hall–Kier alpha value is -3.93. The van der Waals surface area contributed by atoms with Crippen LogP contribution in [0, 0.1) is 0 Å². The summed E-state index contributed by atoms with van der Waals surface area (Å²) < 4.78 is 16.8. The predicted octanol–water partition coefficient (Wildman–Crippen LogP) is 18.7. The maximum absolute atomic E-state index is 12.8. The van der Waals surface area contributed by atoms with E-state index in [9.17, 15) is 14.4 Å². The summed E-state index contributed by atoms with van der Waals surface area (Å²) in [7, 11) is 0. The van der Waals surface area contributed by atoms with Crippen LogP contribution in [0.4, 0.5) is 0 Å². The molecule has 0 spiro atoms. The third-order valence-corrected chi connectivity index (χ3v) is 11.5. The summed E-state index contributed by atoms with van der Waals surface area (Å²) >= 11 is 0. The Balaban J connectivity index is 4.43. The lowest BCUT2D eigenvalue weighted by atomic mass is 10.0. The van der Waals surface area contributed by atoms with Crippen molar-refractivity contribution in [3.8, 4) is 0 Å². The summed E-state index contributed by atoms with van der Waals surface area (Å²) in [6.45, 7) is 6.36. The van der Waals surface area contributed by atoms with Gasteiger partial charge in [-0.2, -0.15) is 0 Å². The van der Waals surface area contributed by atoms with Crippen molar-refractivity contribution in [2.24, 2.45) is 0 Å². The fourth-order valence-electron chi connectivity index (χ4n) is 7.40. The molecule has 6 nitrogen and oxygen atoms in total. The average molecular weight is 943 g/mol. The molecule has 1 unspecified atom stereocenters. The summed E-state index contributed by atoms with van der Waals surface area (Å²) in [5.41, 5.74) is 0. The highest BCUT2D eigenvalue weighted by Crippen LogP contribution is 2.15. The van der Waals surface area contributed by atoms with Gasteiger partial charge in [0.2, 0.25) is 0 Å². The second-order valence-electron chi connectivity index (χ2n) is 18.1. The maximum atomic E-state index is 12.8. The average Bonchev–Trinajstić information content (AvgIpc) is 3.34. The van der Waals surface area contributed by atoms with E-state index in [0.717, 1.165) is 135 Å². The third-order valence-electron chi connectivity index (χ3n) is 11.5. The zero-order valence-corrected chi connectivity index (χ0v) is 44.1. The predicted molar refractivity (Wildman–Crippen MR) is 293 cm³/mol. The molecule has 0 fully saturated rings. The van der Waals surface area contributed by atoms with Crippen molar-refractivity contribution in [3.05, 3.63) is 109 Å². The first-order chi connectivity index (χ1) is 33.5. The molecule has 0 aliphatic carbocycles. The van der Waals surface area contributed by atoms with E-state index in [0.29, 0.717) is 19.3 Å². The van der Waals surface area contributed by atoms with E-state index in [2.05, 4.69) is 130 Å². The molecule has 0 radical (unpaired) electrons. The minimum Gasteiger partial charge on any atom is -0.462 e. The Morgan fingerprint density at radius 1 is 0.309 bits per heavy atom. The van der Waals surface area contributed by atoms with Crippen molar-refractivity contribution in [3.63, 3.8) is 0 Å². The Morgan fingerprint density at radius 2 is 0.574 bits per heavy atom. The number of unbranched alkanes of at least 4 members (excludes halogenated alkanes) is 20. The van der Waals surface area contributed by atoms with Crippen LogP contribution in [0.3, 0.4) is 0 Å². The summed E-state index contributed by atoms with van der Waals surface area (Å²) in [5, 5.41) is 0. The maximum Gasteiger partial charge on any atom is 0.306 e. The van der Waals surface area contributed by atoms with Crippen LogP contribution in [-0.2, 0) is 28.6 Å². The summed E-state index contributed by atoms with van der Waals surface area (Å²) in [5.74, 6) is -0.952. The normalized spacial score (nSPS) is 12.9. The number of allylic oxidation sites excluding steroid dienone is 18. The van der Waals surface area contributed by atoms with Gasteiger partial charge in [0, 0.05) is 19.3 Å². The molecule has 0 saturated carbocycles. The number of rotatable bonds is 49. The summed E-state index contributed by atoms with van der Waals surface area (Å²) in [4.78, 5) is 38.1. The van der Waals surface area contributed by atoms with Crippen LogP contribution >= 0.6 is 0 Å². The number of carbonyl (C=O) groups excluding carboxylic acids is 3. The zero-order chi connectivity index (χ0) is 49.3. The minimum atomic E-state index is -0.801. The van der Waals surface area contributed by atoms with Crippen LogP contribution in [0.5, 0.6) is 0 Å². The van der Waals surface area contributed by atoms with Crippen molar-refractivity contribution in [2.45, 2.75) is 252 Å². The molecule has 0 bridgehead atoms. The van der Waals surface area contributed by atoms with E-state index >= 15 is 0 Å². The Kier molecular flexibility index (Phi) is 52.4. The highest BCUT2D eigenvalue weighted by Gasteiger charge is 2.19. The molecule has 0 aromatic heterocycles. The number of carbonyl (C=O) groups is 3. The minimum absolute atomic E-state index is 0.101. The molecule has 68 heavy (non-hydrogen) atoms. The van der Waals surface area contributed by atoms with Gasteiger partial charge in [-0.25, -0.2) is 0 Å². The lowest BCUT2D eigenvalue weighted by Gasteiger charge is -2.18. The first-order valence-corrected chi connectivity index (χ1v) is 27.9. The van der Waals surface area contributed by atoms with Crippen molar-refractivity contribution in [1.82, 2.24) is 0 Å². The molecule has 386 valence electrons. The monoisotopic (exact) mass is 943 g/mol. The summed E-state index contributed by atoms with van der Waals surface area (Å²) in [6.07, 6.45) is 75.1. The molecule has 0 heterocycles. The fourth-order valence-corrected chi connectivity index (χ4v) is 7.40. The SMILES string of the molecule is CC/C=C\C/C=C\C/C=C\C/C=C\C/C=C\C/C=C\CCCCCCC(=O)OCC(COC(=O)CCCCC/C=C\C/C=C\C/C=C\CC)OC(=O)CCCCCCCCCCCCCCCC. The van der Waals surface area contributed by atoms with E-state index < -0.39 is 6.10 Å². The highest BCUT2D eigenvalue weighted by molar-refractivity contribution is 5.71. The molecule has 1 atom stereocenters. The van der Waals surface area contributed by atoms with E-state index in [1.54, 1.807) is 0 Å². The second-order valence-corrected chi connectivity index (χ2v) is 18.1. The van der Waals surface area contributed by atoms with E-state index in [1.807, 2.05) is 0 Å². The van der Waals surface area contributed by atoms with Gasteiger partial charge in [-0.05, 0) is 103 Å². The van der Waals surface area contributed by atoms with Crippen LogP contribution in [0.25, 0.3) is 0 Å². The van der Waals surface area contributed by atoms with Gasteiger partial charge >= 0.3 is 17.9 Å². The molecule has 0 aliphatic heterocycles. The summed E-state index contributed by atoms with van der Waals surface area (Å²) in [6, 6.07) is 0. The smallest absolute Gasteiger partial charge is 0.306 e. The van der Waals surface area contributed by atoms with E-state index in [-0.39, 0.29) is 31.1 Å². The molecule has 0 aliphatic rings. The molecule has 0 rings (SSSR count). The first-order valence-electron chi connectivity index (χ1n) is 27.9. The van der Waals surface area contributed by atoms with E-state index in [1.165, 1.54) is 70.6 Å². The van der Waals surface area contributed by atoms with Crippen molar-refractivity contribution < 1.29 is 28.6 Å². The third kappa shape index (κ3) is 53.0. The van der Waals surface area contributed by atoms with Gasteiger partial charge in [0.05, 0.1) is 0 Å². The van der Waals surface area contributed by atoms with Crippen LogP contribution < -0.4 is 0 Å². The van der Waals surface area contributed by atoms with Gasteiger partial charge in [-0.1, -0.05) is 233 Å². The lowest BCUT2D eigenvalue weighted by Crippen LogP contribution is -2.30. The molecule has 0 amide bonds. The molecule has 0 aromatic carbocycles. The van der Waals surface area contributed by atoms with Gasteiger partial charge in [-0.3, -0.25) is 14.4 Å². The number of esters is 3. The topological polar surface area (TPSA) is 78.9 Å². The van der Waals surface area contributed by atoms with Crippen molar-refractivity contribution in [2.75, 3.05) is 13.2 Å². The largest absolute Gasteiger partial charge is 0.462 e. The van der Waals surface area contributed by atoms with Crippen LogP contribution in [-0.4, -0.2) is 37.2 Å². The van der Waals surface area contributed by atoms with Gasteiger partial charge in [-0.15, -0.1) is 0 Å². The number of hydrogen-bond acceptors (Lipinski definition) is 6. The Labute approximate surface area is 419 Å². The molecule has 0 saturated heterocycles. The Morgan fingerprint density at radius 3 is 0.912 bits per heavy atom.